The number of hydrogen-bond donors (Lipinski definition) is 2. The molecule has 2 aromatic heterocycles. The van der Waals surface area contributed by atoms with E-state index in [2.05, 4.69) is 14.9 Å². The molecule has 4 nitrogen and oxygen atoms in total. The van der Waals surface area contributed by atoms with E-state index >= 15 is 0 Å². The van der Waals surface area contributed by atoms with Crippen molar-refractivity contribution in [3.05, 3.63) is 39.6 Å². The molecule has 0 spiro atoms. The van der Waals surface area contributed by atoms with Gasteiger partial charge in [-0.25, -0.2) is 4.98 Å². The van der Waals surface area contributed by atoms with Crippen molar-refractivity contribution in [3.63, 3.8) is 0 Å². The van der Waals surface area contributed by atoms with Crippen LogP contribution in [0.2, 0.25) is 5.02 Å². The lowest BCUT2D eigenvalue weighted by Gasteiger charge is -2.33. The number of nitrogens with one attached hydrogen (secondary N) is 1. The molecule has 0 amide bonds. The fraction of sp³-hybridized carbons (Fsp3) is 0.500. The molecular weight excluding hydrogens is 294 g/mol. The summed E-state index contributed by atoms with van der Waals surface area (Å²) in [6.07, 6.45) is 4.95. The minimum absolute atomic E-state index is 0.288. The van der Waals surface area contributed by atoms with Gasteiger partial charge in [-0.05, 0) is 43.3 Å². The van der Waals surface area contributed by atoms with Gasteiger partial charge in [-0.3, -0.25) is 4.90 Å². The van der Waals surface area contributed by atoms with Crippen LogP contribution in [0.15, 0.2) is 23.8 Å². The van der Waals surface area contributed by atoms with Gasteiger partial charge in [-0.15, -0.1) is 11.3 Å². The second kappa shape index (κ2) is 6.26. The van der Waals surface area contributed by atoms with Crippen molar-refractivity contribution in [1.82, 2.24) is 14.9 Å². The molecule has 0 bridgehead atoms. The van der Waals surface area contributed by atoms with Crippen molar-refractivity contribution in [2.75, 3.05) is 13.1 Å². The van der Waals surface area contributed by atoms with E-state index in [-0.39, 0.29) is 5.92 Å². The summed E-state index contributed by atoms with van der Waals surface area (Å²) in [5.74, 6) is 0.973. The number of aromatic amines is 1. The summed E-state index contributed by atoms with van der Waals surface area (Å²) < 4.78 is 0. The van der Waals surface area contributed by atoms with Gasteiger partial charge in [-0.2, -0.15) is 0 Å². The number of hydrogen-bond acceptors (Lipinski definition) is 4. The highest BCUT2D eigenvalue weighted by molar-refractivity contribution is 7.10. The Hall–Kier alpha value is -0.880. The second-order valence-electron chi connectivity index (χ2n) is 5.22. The molecule has 2 aromatic rings. The van der Waals surface area contributed by atoms with E-state index in [9.17, 15) is 5.11 Å². The Labute approximate surface area is 127 Å². The maximum Gasteiger partial charge on any atom is 0.135 e. The van der Waals surface area contributed by atoms with Gasteiger partial charge in [0, 0.05) is 23.8 Å². The second-order valence-corrected chi connectivity index (χ2v) is 6.63. The highest BCUT2D eigenvalue weighted by Gasteiger charge is 2.27. The van der Waals surface area contributed by atoms with Crippen LogP contribution in [0.5, 0.6) is 0 Å². The topological polar surface area (TPSA) is 52.2 Å². The predicted molar refractivity (Wildman–Crippen MR) is 80.9 cm³/mol. The Balaban J connectivity index is 1.53. The number of aromatic nitrogens is 2. The smallest absolute Gasteiger partial charge is 0.135 e. The quantitative estimate of drug-likeness (QED) is 0.912. The van der Waals surface area contributed by atoms with Crippen molar-refractivity contribution >= 4 is 22.9 Å². The molecule has 1 saturated heterocycles. The summed E-state index contributed by atoms with van der Waals surface area (Å²) in [6, 6.07) is 1.95. The lowest BCUT2D eigenvalue weighted by molar-refractivity contribution is 0.0517. The standard InChI is InChI=1S/C14H18ClN3OS/c15-11-3-8-20-12(11)9-18-6-1-10(2-7-18)13(19)14-16-4-5-17-14/h3-5,8,10,13,19H,1-2,6-7,9H2,(H,16,17)/t13-/m0/s1. The van der Waals surface area contributed by atoms with Crippen molar-refractivity contribution in [2.45, 2.75) is 25.5 Å². The Morgan fingerprint density at radius 3 is 2.90 bits per heavy atom. The van der Waals surface area contributed by atoms with Gasteiger partial charge in [0.25, 0.3) is 0 Å². The molecule has 3 rings (SSSR count). The Kier molecular flexibility index (Phi) is 4.41. The molecule has 3 heterocycles. The number of thiophene rings is 1. The van der Waals surface area contributed by atoms with Crippen LogP contribution in [-0.2, 0) is 6.54 Å². The summed E-state index contributed by atoms with van der Waals surface area (Å²) in [7, 11) is 0. The number of halogens is 1. The van der Waals surface area contributed by atoms with Crippen LogP contribution in [-0.4, -0.2) is 33.1 Å². The number of likely N-dealkylation sites (tertiary alicyclic amines) is 1. The fourth-order valence-corrected chi connectivity index (χ4v) is 3.87. The molecule has 108 valence electrons. The summed E-state index contributed by atoms with van der Waals surface area (Å²) >= 11 is 7.85. The SMILES string of the molecule is O[C@H](c1ncc[nH]1)C1CCN(Cc2sccc2Cl)CC1. The molecule has 0 radical (unpaired) electrons. The molecule has 0 saturated carbocycles. The van der Waals surface area contributed by atoms with Crippen molar-refractivity contribution in [3.8, 4) is 0 Å². The number of piperidine rings is 1. The molecule has 1 aliphatic heterocycles. The molecule has 1 aliphatic rings. The van der Waals surface area contributed by atoms with E-state index in [0.29, 0.717) is 5.82 Å². The van der Waals surface area contributed by atoms with Crippen LogP contribution in [0, 0.1) is 5.92 Å². The van der Waals surface area contributed by atoms with Crippen molar-refractivity contribution in [1.29, 1.82) is 0 Å². The molecule has 0 aromatic carbocycles. The third-order valence-corrected chi connectivity index (χ3v) is 5.31. The first-order valence-electron chi connectivity index (χ1n) is 6.85. The van der Waals surface area contributed by atoms with Crippen LogP contribution in [0.1, 0.15) is 29.6 Å². The van der Waals surface area contributed by atoms with E-state index in [4.69, 9.17) is 11.6 Å². The molecular formula is C14H18ClN3OS. The summed E-state index contributed by atoms with van der Waals surface area (Å²) in [5, 5.41) is 13.2. The van der Waals surface area contributed by atoms with E-state index < -0.39 is 6.10 Å². The third-order valence-electron chi connectivity index (χ3n) is 3.94. The predicted octanol–water partition coefficient (Wildman–Crippen LogP) is 3.07. The summed E-state index contributed by atoms with van der Waals surface area (Å²) in [6.45, 7) is 2.91. The van der Waals surface area contributed by atoms with Gasteiger partial charge in [0.1, 0.15) is 11.9 Å². The van der Waals surface area contributed by atoms with Gasteiger partial charge in [-0.1, -0.05) is 11.6 Å². The summed E-state index contributed by atoms with van der Waals surface area (Å²) in [4.78, 5) is 10.8. The Morgan fingerprint density at radius 2 is 2.30 bits per heavy atom. The Bertz CT molecular complexity index is 534. The number of aliphatic hydroxyl groups is 1. The number of imidazole rings is 1. The number of rotatable bonds is 4. The molecule has 2 N–H and O–H groups in total. The van der Waals surface area contributed by atoms with Gasteiger partial charge < -0.3 is 10.1 Å². The minimum atomic E-state index is -0.475. The van der Waals surface area contributed by atoms with E-state index in [0.717, 1.165) is 37.5 Å². The van der Waals surface area contributed by atoms with Crippen molar-refractivity contribution < 1.29 is 5.11 Å². The average Bonchev–Trinajstić information content (AvgIpc) is 3.12. The first-order chi connectivity index (χ1) is 9.74. The van der Waals surface area contributed by atoms with Gasteiger partial charge in [0.2, 0.25) is 0 Å². The maximum absolute atomic E-state index is 10.3. The normalized spacial score (nSPS) is 19.3. The first kappa shape index (κ1) is 14.1. The van der Waals surface area contributed by atoms with E-state index in [1.54, 1.807) is 23.7 Å². The van der Waals surface area contributed by atoms with Crippen LogP contribution < -0.4 is 0 Å². The monoisotopic (exact) mass is 311 g/mol. The van der Waals surface area contributed by atoms with E-state index in [1.807, 2.05) is 11.4 Å². The lowest BCUT2D eigenvalue weighted by Crippen LogP contribution is -2.35. The minimum Gasteiger partial charge on any atom is -0.385 e. The third kappa shape index (κ3) is 3.06. The molecule has 20 heavy (non-hydrogen) atoms. The average molecular weight is 312 g/mol. The lowest BCUT2D eigenvalue weighted by atomic mass is 9.91. The molecule has 0 unspecified atom stereocenters. The molecule has 0 aliphatic carbocycles. The summed E-state index contributed by atoms with van der Waals surface area (Å²) in [5.41, 5.74) is 0. The highest BCUT2D eigenvalue weighted by atomic mass is 35.5. The highest BCUT2D eigenvalue weighted by Crippen LogP contribution is 2.31. The zero-order chi connectivity index (χ0) is 13.9. The molecule has 1 atom stereocenters. The molecule has 6 heteroatoms. The van der Waals surface area contributed by atoms with Gasteiger partial charge in [0.15, 0.2) is 0 Å². The van der Waals surface area contributed by atoms with Crippen LogP contribution >= 0.6 is 22.9 Å². The number of H-pyrrole nitrogens is 1. The van der Waals surface area contributed by atoms with Crippen molar-refractivity contribution in [2.24, 2.45) is 5.92 Å². The zero-order valence-corrected chi connectivity index (χ0v) is 12.7. The number of nitrogens with zero attached hydrogens (tertiary/aromatic N) is 2. The van der Waals surface area contributed by atoms with E-state index in [1.165, 1.54) is 4.88 Å². The van der Waals surface area contributed by atoms with Crippen LogP contribution in [0.4, 0.5) is 0 Å². The van der Waals surface area contributed by atoms with Gasteiger partial charge in [0.05, 0.1) is 5.02 Å². The number of aliphatic hydroxyl groups excluding tert-OH is 1. The van der Waals surface area contributed by atoms with Crippen LogP contribution in [0.3, 0.4) is 0 Å². The first-order valence-corrected chi connectivity index (χ1v) is 8.11. The Morgan fingerprint density at radius 1 is 1.50 bits per heavy atom. The molecule has 1 fully saturated rings. The zero-order valence-electron chi connectivity index (χ0n) is 11.1. The maximum atomic E-state index is 10.3. The van der Waals surface area contributed by atoms with Crippen LogP contribution in [0.25, 0.3) is 0 Å². The fourth-order valence-electron chi connectivity index (χ4n) is 2.73. The van der Waals surface area contributed by atoms with Gasteiger partial charge >= 0.3 is 0 Å². The largest absolute Gasteiger partial charge is 0.385 e.